The molecule has 1 aliphatic rings. The van der Waals surface area contributed by atoms with Crippen LogP contribution in [-0.2, 0) is 10.5 Å². The number of furan rings is 1. The number of fused-ring (bicyclic) bond motifs is 2. The van der Waals surface area contributed by atoms with Gasteiger partial charge in [0.1, 0.15) is 5.75 Å². The molecule has 236 valence electrons. The van der Waals surface area contributed by atoms with Gasteiger partial charge in [0, 0.05) is 11.1 Å². The van der Waals surface area contributed by atoms with Crippen molar-refractivity contribution in [2.24, 2.45) is 0 Å². The molecule has 0 fully saturated rings. The summed E-state index contributed by atoms with van der Waals surface area (Å²) < 4.78 is 17.8. The summed E-state index contributed by atoms with van der Waals surface area (Å²) >= 11 is 2.73. The number of nitrogens with zero attached hydrogens (tertiary/aromatic N) is 3. The van der Waals surface area contributed by atoms with E-state index in [0.29, 0.717) is 44.7 Å². The minimum absolute atomic E-state index is 0.0304. The number of hydrogen-bond acceptors (Lipinski definition) is 10. The summed E-state index contributed by atoms with van der Waals surface area (Å²) in [7, 11) is 1.52. The normalized spacial score (nSPS) is 14.8. The Hall–Kier alpha value is -5.13. The smallest absolute Gasteiger partial charge is 0.296 e. The van der Waals surface area contributed by atoms with E-state index in [9.17, 15) is 14.7 Å². The van der Waals surface area contributed by atoms with Crippen LogP contribution in [0.4, 0.5) is 5.13 Å². The van der Waals surface area contributed by atoms with Crippen molar-refractivity contribution < 1.29 is 28.6 Å². The number of methoxy groups -OCH3 is 1. The zero-order chi connectivity index (χ0) is 32.5. The van der Waals surface area contributed by atoms with Crippen molar-refractivity contribution in [1.29, 1.82) is 0 Å². The van der Waals surface area contributed by atoms with Crippen LogP contribution in [-0.4, -0.2) is 40.7 Å². The molecule has 0 spiro atoms. The largest absolute Gasteiger partial charge is 0.503 e. The summed E-state index contributed by atoms with van der Waals surface area (Å²) in [6, 6.07) is 27.4. The molecule has 0 radical (unpaired) electrons. The van der Waals surface area contributed by atoms with Gasteiger partial charge < -0.3 is 19.0 Å². The average molecular weight is 664 g/mol. The number of hydrogen-bond donors (Lipinski definition) is 1. The highest BCUT2D eigenvalue weighted by atomic mass is 32.2. The van der Waals surface area contributed by atoms with Gasteiger partial charge in [-0.3, -0.25) is 14.5 Å². The van der Waals surface area contributed by atoms with E-state index in [1.165, 1.54) is 35.1 Å². The highest BCUT2D eigenvalue weighted by Crippen LogP contribution is 2.45. The average Bonchev–Trinajstić information content (AvgIpc) is 3.82. The molecule has 0 saturated heterocycles. The fourth-order valence-electron chi connectivity index (χ4n) is 5.67. The van der Waals surface area contributed by atoms with Crippen molar-refractivity contribution in [3.05, 3.63) is 119 Å². The topological polar surface area (TPSA) is 115 Å². The predicted octanol–water partition coefficient (Wildman–Crippen LogP) is 8.31. The third kappa shape index (κ3) is 5.72. The van der Waals surface area contributed by atoms with E-state index in [-0.39, 0.29) is 16.5 Å². The third-order valence-corrected chi connectivity index (χ3v) is 10.0. The fourth-order valence-corrected chi connectivity index (χ4v) is 7.55. The first-order valence-corrected chi connectivity index (χ1v) is 16.8. The Morgan fingerprint density at radius 3 is 2.57 bits per heavy atom. The van der Waals surface area contributed by atoms with Crippen molar-refractivity contribution in [2.45, 2.75) is 29.5 Å². The van der Waals surface area contributed by atoms with E-state index >= 15 is 0 Å². The molecule has 47 heavy (non-hydrogen) atoms. The van der Waals surface area contributed by atoms with Crippen molar-refractivity contribution in [2.75, 3.05) is 18.6 Å². The lowest BCUT2D eigenvalue weighted by atomic mass is 9.95. The molecule has 1 N–H and O–H groups in total. The molecule has 11 heteroatoms. The Labute approximate surface area is 278 Å². The highest BCUT2D eigenvalue weighted by Gasteiger charge is 2.47. The maximum Gasteiger partial charge on any atom is 0.296 e. The zero-order valence-corrected chi connectivity index (χ0v) is 27.1. The van der Waals surface area contributed by atoms with Crippen LogP contribution < -0.4 is 14.4 Å². The minimum atomic E-state index is -0.991. The lowest BCUT2D eigenvalue weighted by molar-refractivity contribution is -0.117. The Bertz CT molecular complexity index is 2150. The highest BCUT2D eigenvalue weighted by molar-refractivity contribution is 8.00. The molecular weight excluding hydrogens is 635 g/mol. The standard InChI is InChI=1S/C36H29N3O6S2/c1-3-18-44-25-16-14-22(15-17-25)30-29(31(40)28-19-23-10-7-13-27(43-2)33(23)45-28)32(41)34(42)39(30)35-37-38-36(47-35)46-20-24-11-6-9-21-8-4-5-12-26(21)24/h4-17,19,30,41H,3,18,20H2,1-2H3. The number of aliphatic hydroxyl groups excluding tert-OH is 1. The lowest BCUT2D eigenvalue weighted by Gasteiger charge is -2.24. The van der Waals surface area contributed by atoms with Gasteiger partial charge in [-0.25, -0.2) is 0 Å². The maximum atomic E-state index is 14.1. The Morgan fingerprint density at radius 1 is 1.00 bits per heavy atom. The molecule has 4 aromatic carbocycles. The van der Waals surface area contributed by atoms with E-state index < -0.39 is 23.5 Å². The molecule has 1 aliphatic heterocycles. The van der Waals surface area contributed by atoms with Gasteiger partial charge >= 0.3 is 0 Å². The molecule has 3 heterocycles. The molecule has 6 aromatic rings. The summed E-state index contributed by atoms with van der Waals surface area (Å²) in [5.41, 5.74) is 2.02. The van der Waals surface area contributed by atoms with Crippen LogP contribution in [0.1, 0.15) is 41.1 Å². The van der Waals surface area contributed by atoms with Crippen molar-refractivity contribution >= 4 is 61.7 Å². The van der Waals surface area contributed by atoms with Crippen LogP contribution in [0.5, 0.6) is 11.5 Å². The third-order valence-electron chi connectivity index (χ3n) is 7.91. The van der Waals surface area contributed by atoms with Crippen LogP contribution >= 0.6 is 23.1 Å². The van der Waals surface area contributed by atoms with Crippen LogP contribution in [0.3, 0.4) is 0 Å². The summed E-state index contributed by atoms with van der Waals surface area (Å²) in [6.45, 7) is 2.57. The zero-order valence-electron chi connectivity index (χ0n) is 25.5. The quantitative estimate of drug-likeness (QED) is 0.0830. The number of ether oxygens (including phenoxy) is 2. The van der Waals surface area contributed by atoms with Gasteiger partial charge in [-0.15, -0.1) is 10.2 Å². The summed E-state index contributed by atoms with van der Waals surface area (Å²) in [6.07, 6.45) is 0.849. The first-order chi connectivity index (χ1) is 23.0. The molecule has 1 unspecified atom stereocenters. The second-order valence-electron chi connectivity index (χ2n) is 10.9. The molecular formula is C36H29N3O6S2. The van der Waals surface area contributed by atoms with E-state index in [1.54, 1.807) is 48.5 Å². The van der Waals surface area contributed by atoms with Gasteiger partial charge in [0.15, 0.2) is 27.2 Å². The van der Waals surface area contributed by atoms with Crippen LogP contribution in [0, 0.1) is 0 Å². The van der Waals surface area contributed by atoms with Gasteiger partial charge in [0.05, 0.1) is 25.3 Å². The van der Waals surface area contributed by atoms with E-state index in [1.807, 2.05) is 25.1 Å². The van der Waals surface area contributed by atoms with Gasteiger partial charge in [0.2, 0.25) is 10.9 Å². The Balaban J connectivity index is 1.23. The Morgan fingerprint density at radius 2 is 1.77 bits per heavy atom. The number of rotatable bonds is 11. The summed E-state index contributed by atoms with van der Waals surface area (Å²) in [5.74, 6) is -0.306. The minimum Gasteiger partial charge on any atom is -0.503 e. The fraction of sp³-hybridized carbons (Fsp3) is 0.167. The molecule has 9 nitrogen and oxygen atoms in total. The molecule has 2 aromatic heterocycles. The van der Waals surface area contributed by atoms with E-state index in [0.717, 1.165) is 22.8 Å². The first-order valence-electron chi connectivity index (χ1n) is 15.0. The number of amides is 1. The first kappa shape index (κ1) is 30.5. The number of aliphatic hydroxyl groups is 1. The number of anilines is 1. The van der Waals surface area contributed by atoms with Gasteiger partial charge in [-0.1, -0.05) is 96.8 Å². The van der Waals surface area contributed by atoms with E-state index in [2.05, 4.69) is 34.5 Å². The molecule has 1 atom stereocenters. The lowest BCUT2D eigenvalue weighted by Crippen LogP contribution is -2.31. The number of aromatic nitrogens is 2. The van der Waals surface area contributed by atoms with Gasteiger partial charge in [-0.05, 0) is 52.6 Å². The number of para-hydroxylation sites is 1. The van der Waals surface area contributed by atoms with Crippen molar-refractivity contribution in [1.82, 2.24) is 10.2 Å². The molecule has 1 amide bonds. The number of benzene rings is 4. The van der Waals surface area contributed by atoms with Crippen LogP contribution in [0.25, 0.3) is 21.7 Å². The number of carbonyl (C=O) groups is 2. The van der Waals surface area contributed by atoms with Crippen molar-refractivity contribution in [3.8, 4) is 11.5 Å². The number of thioether (sulfide) groups is 1. The van der Waals surface area contributed by atoms with Gasteiger partial charge in [-0.2, -0.15) is 0 Å². The summed E-state index contributed by atoms with van der Waals surface area (Å²) in [5, 5.41) is 23.2. The monoisotopic (exact) mass is 663 g/mol. The van der Waals surface area contributed by atoms with Gasteiger partial charge in [0.25, 0.3) is 5.91 Å². The number of carbonyl (C=O) groups excluding carboxylic acids is 2. The van der Waals surface area contributed by atoms with E-state index in [4.69, 9.17) is 13.9 Å². The van der Waals surface area contributed by atoms with Crippen molar-refractivity contribution in [3.63, 3.8) is 0 Å². The molecule has 0 aliphatic carbocycles. The predicted molar refractivity (Wildman–Crippen MR) is 183 cm³/mol. The SMILES string of the molecule is CCCOc1ccc(C2C(C(=O)c3cc4cccc(OC)c4o3)=C(O)C(=O)N2c2nnc(SCc3cccc4ccccc34)s2)cc1. The summed E-state index contributed by atoms with van der Waals surface area (Å²) in [4.78, 5) is 29.2. The molecule has 0 saturated carbocycles. The number of ketones is 1. The van der Waals surface area contributed by atoms with Crippen LogP contribution in [0.2, 0.25) is 0 Å². The second kappa shape index (κ2) is 12.9. The second-order valence-corrected chi connectivity index (χ2v) is 13.0. The maximum absolute atomic E-state index is 14.1. The molecule has 7 rings (SSSR count). The molecule has 0 bridgehead atoms. The Kier molecular flexibility index (Phi) is 8.40. The number of Topliss-reactive ketones (excluding diaryl/α,β-unsaturated/α-hetero) is 1. The van der Waals surface area contributed by atoms with Crippen LogP contribution in [0.15, 0.2) is 111 Å².